The lowest BCUT2D eigenvalue weighted by atomic mass is 10.2. The number of piperazine rings is 1. The van der Waals surface area contributed by atoms with Crippen molar-refractivity contribution in [3.8, 4) is 0 Å². The second kappa shape index (κ2) is 7.77. The van der Waals surface area contributed by atoms with Gasteiger partial charge in [0.2, 0.25) is 0 Å². The van der Waals surface area contributed by atoms with E-state index in [9.17, 15) is 4.79 Å². The third kappa shape index (κ3) is 4.13. The average Bonchev–Trinajstić information content (AvgIpc) is 2.61. The molecule has 0 spiro atoms. The SMILES string of the molecule is CCN1CCN(C(=O)c2cc(Nc3cccc(Br)c3)ccn2)CC1. The van der Waals surface area contributed by atoms with E-state index in [0.29, 0.717) is 5.69 Å². The van der Waals surface area contributed by atoms with Crippen molar-refractivity contribution >= 4 is 33.2 Å². The van der Waals surface area contributed by atoms with Crippen molar-refractivity contribution in [2.24, 2.45) is 0 Å². The van der Waals surface area contributed by atoms with Crippen molar-refractivity contribution in [2.75, 3.05) is 38.0 Å². The van der Waals surface area contributed by atoms with Gasteiger partial charge in [0.15, 0.2) is 0 Å². The Hall–Kier alpha value is -1.92. The number of rotatable bonds is 4. The van der Waals surface area contributed by atoms with Crippen LogP contribution in [0, 0.1) is 0 Å². The molecule has 1 fully saturated rings. The molecule has 0 atom stereocenters. The minimum Gasteiger partial charge on any atom is -0.355 e. The number of hydrogen-bond donors (Lipinski definition) is 1. The zero-order valence-electron chi connectivity index (χ0n) is 13.7. The number of carbonyl (C=O) groups excluding carboxylic acids is 1. The first kappa shape index (κ1) is 16.9. The molecule has 0 saturated carbocycles. The molecule has 24 heavy (non-hydrogen) atoms. The molecule has 0 unspecified atom stereocenters. The monoisotopic (exact) mass is 388 g/mol. The Bertz CT molecular complexity index is 714. The van der Waals surface area contributed by atoms with Crippen molar-refractivity contribution < 1.29 is 4.79 Å². The third-order valence-corrected chi connectivity index (χ3v) is 4.69. The van der Waals surface area contributed by atoms with Gasteiger partial charge < -0.3 is 15.1 Å². The van der Waals surface area contributed by atoms with E-state index in [4.69, 9.17) is 0 Å². The van der Waals surface area contributed by atoms with Gasteiger partial charge in [-0.05, 0) is 36.9 Å². The second-order valence-corrected chi connectivity index (χ2v) is 6.71. The molecule has 0 bridgehead atoms. The molecular formula is C18H21BrN4O. The summed E-state index contributed by atoms with van der Waals surface area (Å²) in [5, 5.41) is 3.31. The van der Waals surface area contributed by atoms with Gasteiger partial charge in [0.1, 0.15) is 5.69 Å². The van der Waals surface area contributed by atoms with Crippen LogP contribution in [0.3, 0.4) is 0 Å². The molecule has 1 aliphatic rings. The summed E-state index contributed by atoms with van der Waals surface area (Å²) in [6.07, 6.45) is 1.68. The predicted octanol–water partition coefficient (Wildman–Crippen LogP) is 3.37. The Morgan fingerprint density at radius 3 is 2.62 bits per heavy atom. The fraction of sp³-hybridized carbons (Fsp3) is 0.333. The lowest BCUT2D eigenvalue weighted by molar-refractivity contribution is 0.0637. The number of carbonyl (C=O) groups is 1. The molecule has 6 heteroatoms. The van der Waals surface area contributed by atoms with Crippen LogP contribution >= 0.6 is 15.9 Å². The van der Waals surface area contributed by atoms with E-state index >= 15 is 0 Å². The smallest absolute Gasteiger partial charge is 0.272 e. The van der Waals surface area contributed by atoms with Gasteiger partial charge in [0, 0.05) is 48.2 Å². The molecule has 1 saturated heterocycles. The highest BCUT2D eigenvalue weighted by molar-refractivity contribution is 9.10. The number of hydrogen-bond acceptors (Lipinski definition) is 4. The summed E-state index contributed by atoms with van der Waals surface area (Å²) in [5.74, 6) is 0.00338. The summed E-state index contributed by atoms with van der Waals surface area (Å²) in [4.78, 5) is 21.2. The van der Waals surface area contributed by atoms with Crippen molar-refractivity contribution in [2.45, 2.75) is 6.92 Å². The number of pyridine rings is 1. The molecule has 1 aromatic heterocycles. The first-order valence-electron chi connectivity index (χ1n) is 8.16. The minimum absolute atomic E-state index is 0.00338. The fourth-order valence-electron chi connectivity index (χ4n) is 2.79. The highest BCUT2D eigenvalue weighted by atomic mass is 79.9. The van der Waals surface area contributed by atoms with Gasteiger partial charge in [0.25, 0.3) is 5.91 Å². The Balaban J connectivity index is 1.69. The van der Waals surface area contributed by atoms with E-state index in [1.807, 2.05) is 41.3 Å². The van der Waals surface area contributed by atoms with E-state index in [1.54, 1.807) is 6.20 Å². The van der Waals surface area contributed by atoms with E-state index in [2.05, 4.69) is 38.1 Å². The van der Waals surface area contributed by atoms with Crippen molar-refractivity contribution in [3.05, 3.63) is 52.8 Å². The van der Waals surface area contributed by atoms with Crippen molar-refractivity contribution in [1.29, 1.82) is 0 Å². The summed E-state index contributed by atoms with van der Waals surface area (Å²) >= 11 is 3.46. The summed E-state index contributed by atoms with van der Waals surface area (Å²) in [6, 6.07) is 11.6. The van der Waals surface area contributed by atoms with Crippen molar-refractivity contribution in [1.82, 2.24) is 14.8 Å². The van der Waals surface area contributed by atoms with Crippen molar-refractivity contribution in [3.63, 3.8) is 0 Å². The maximum Gasteiger partial charge on any atom is 0.272 e. The van der Waals surface area contributed by atoms with Gasteiger partial charge in [-0.1, -0.05) is 28.9 Å². The average molecular weight is 389 g/mol. The molecule has 1 N–H and O–H groups in total. The van der Waals surface area contributed by atoms with E-state index < -0.39 is 0 Å². The quantitative estimate of drug-likeness (QED) is 0.871. The van der Waals surface area contributed by atoms with Gasteiger partial charge in [-0.2, -0.15) is 0 Å². The number of nitrogens with zero attached hydrogens (tertiary/aromatic N) is 3. The number of anilines is 2. The Morgan fingerprint density at radius 2 is 1.92 bits per heavy atom. The topological polar surface area (TPSA) is 48.5 Å². The first-order chi connectivity index (χ1) is 11.7. The fourth-order valence-corrected chi connectivity index (χ4v) is 3.19. The normalized spacial score (nSPS) is 15.3. The lowest BCUT2D eigenvalue weighted by Crippen LogP contribution is -2.48. The number of likely N-dealkylation sites (N-methyl/N-ethyl adjacent to an activating group) is 1. The largest absolute Gasteiger partial charge is 0.355 e. The molecular weight excluding hydrogens is 368 g/mol. The number of amides is 1. The molecule has 2 heterocycles. The van der Waals surface area contributed by atoms with Crippen LogP contribution in [0.5, 0.6) is 0 Å². The van der Waals surface area contributed by atoms with Crippen LogP contribution in [0.15, 0.2) is 47.1 Å². The van der Waals surface area contributed by atoms with Crippen LogP contribution in [0.4, 0.5) is 11.4 Å². The van der Waals surface area contributed by atoms with Crippen LogP contribution in [0.2, 0.25) is 0 Å². The number of halogens is 1. The summed E-state index contributed by atoms with van der Waals surface area (Å²) in [5.41, 5.74) is 2.31. The molecule has 126 valence electrons. The Labute approximate surface area is 150 Å². The number of benzene rings is 1. The summed E-state index contributed by atoms with van der Waals surface area (Å²) < 4.78 is 1.01. The zero-order valence-corrected chi connectivity index (χ0v) is 15.3. The molecule has 0 radical (unpaired) electrons. The molecule has 3 rings (SSSR count). The van der Waals surface area contributed by atoms with Crippen LogP contribution in [-0.2, 0) is 0 Å². The van der Waals surface area contributed by atoms with Gasteiger partial charge in [0.05, 0.1) is 0 Å². The standard InChI is InChI=1S/C18H21BrN4O/c1-2-22-8-10-23(11-9-22)18(24)17-13-16(6-7-20-17)21-15-5-3-4-14(19)12-15/h3-7,12-13H,2,8-11H2,1H3,(H,20,21). The van der Waals surface area contributed by atoms with Crippen LogP contribution in [0.1, 0.15) is 17.4 Å². The molecule has 2 aromatic rings. The van der Waals surface area contributed by atoms with E-state index in [-0.39, 0.29) is 5.91 Å². The number of aromatic nitrogens is 1. The third-order valence-electron chi connectivity index (χ3n) is 4.20. The Kier molecular flexibility index (Phi) is 5.48. The zero-order chi connectivity index (χ0) is 16.9. The predicted molar refractivity (Wildman–Crippen MR) is 99.7 cm³/mol. The van der Waals surface area contributed by atoms with Crippen LogP contribution < -0.4 is 5.32 Å². The van der Waals surface area contributed by atoms with Gasteiger partial charge in [-0.25, -0.2) is 0 Å². The Morgan fingerprint density at radius 1 is 1.17 bits per heavy atom. The van der Waals surface area contributed by atoms with Gasteiger partial charge in [-0.15, -0.1) is 0 Å². The maximum absolute atomic E-state index is 12.7. The molecule has 1 aromatic carbocycles. The van der Waals surface area contributed by atoms with E-state index in [1.165, 1.54) is 0 Å². The first-order valence-corrected chi connectivity index (χ1v) is 8.95. The van der Waals surface area contributed by atoms with Crippen LogP contribution in [0.25, 0.3) is 0 Å². The maximum atomic E-state index is 12.7. The summed E-state index contributed by atoms with van der Waals surface area (Å²) in [6.45, 7) is 6.56. The van der Waals surface area contributed by atoms with Gasteiger partial charge >= 0.3 is 0 Å². The highest BCUT2D eigenvalue weighted by Crippen LogP contribution is 2.21. The highest BCUT2D eigenvalue weighted by Gasteiger charge is 2.22. The summed E-state index contributed by atoms with van der Waals surface area (Å²) in [7, 11) is 0. The minimum atomic E-state index is 0.00338. The van der Waals surface area contributed by atoms with Gasteiger partial charge in [-0.3, -0.25) is 9.78 Å². The molecule has 5 nitrogen and oxygen atoms in total. The van der Waals surface area contributed by atoms with E-state index in [0.717, 1.165) is 48.6 Å². The second-order valence-electron chi connectivity index (χ2n) is 5.79. The van der Waals surface area contributed by atoms with Crippen LogP contribution in [-0.4, -0.2) is 53.4 Å². The molecule has 0 aliphatic carbocycles. The molecule has 1 amide bonds. The number of nitrogens with one attached hydrogen (secondary N) is 1. The molecule has 1 aliphatic heterocycles. The lowest BCUT2D eigenvalue weighted by Gasteiger charge is -2.33.